The van der Waals surface area contributed by atoms with E-state index < -0.39 is 17.7 Å². The maximum atomic E-state index is 12.7. The third-order valence-corrected chi connectivity index (χ3v) is 2.83. The molecule has 0 aromatic heterocycles. The predicted octanol–water partition coefficient (Wildman–Crippen LogP) is 1.93. The lowest BCUT2D eigenvalue weighted by atomic mass is 10.0. The van der Waals surface area contributed by atoms with Crippen LogP contribution in [0.25, 0.3) is 0 Å². The highest BCUT2D eigenvalue weighted by Crippen LogP contribution is 2.30. The molecule has 21 heavy (non-hydrogen) atoms. The average molecular weight is 302 g/mol. The van der Waals surface area contributed by atoms with Crippen LogP contribution in [0.15, 0.2) is 24.3 Å². The number of hydrogen-bond donors (Lipinski definition) is 2. The monoisotopic (exact) mass is 302 g/mol. The predicted molar refractivity (Wildman–Crippen MR) is 66.8 cm³/mol. The van der Waals surface area contributed by atoms with Gasteiger partial charge >= 0.3 is 12.1 Å². The van der Waals surface area contributed by atoms with E-state index in [1.807, 2.05) is 11.4 Å². The van der Waals surface area contributed by atoms with Crippen molar-refractivity contribution in [3.63, 3.8) is 0 Å². The Balaban J connectivity index is 2.52. The molecule has 0 heterocycles. The van der Waals surface area contributed by atoms with E-state index >= 15 is 0 Å². The lowest BCUT2D eigenvalue weighted by molar-refractivity contribution is -0.206. The molecule has 1 rings (SSSR count). The highest BCUT2D eigenvalue weighted by molar-refractivity contribution is 5.79. The van der Waals surface area contributed by atoms with Crippen LogP contribution in [0.2, 0.25) is 0 Å². The summed E-state index contributed by atoms with van der Waals surface area (Å²) < 4.78 is 43.2. The molecule has 1 atom stereocenters. The number of ether oxygens (including phenoxy) is 1. The number of halogens is 3. The third-order valence-electron chi connectivity index (χ3n) is 2.83. The second-order valence-corrected chi connectivity index (χ2v) is 4.34. The molecule has 0 saturated carbocycles. The smallest absolute Gasteiger partial charge is 0.417 e. The van der Waals surface area contributed by atoms with Crippen LogP contribution in [-0.4, -0.2) is 35.9 Å². The van der Waals surface area contributed by atoms with Crippen LogP contribution in [-0.2, 0) is 4.79 Å². The van der Waals surface area contributed by atoms with Gasteiger partial charge < -0.3 is 9.84 Å². The van der Waals surface area contributed by atoms with Gasteiger partial charge in [-0.25, -0.2) is 4.79 Å². The Morgan fingerprint density at radius 2 is 1.95 bits per heavy atom. The number of nitrogens with zero attached hydrogens (tertiary/aromatic N) is 1. The van der Waals surface area contributed by atoms with Crippen molar-refractivity contribution in [2.75, 3.05) is 13.2 Å². The van der Waals surface area contributed by atoms with E-state index in [9.17, 15) is 18.0 Å². The molecule has 0 fully saturated rings. The third kappa shape index (κ3) is 4.10. The summed E-state index contributed by atoms with van der Waals surface area (Å²) in [5.74, 6) is -1.63. The standard InChI is InChI=1S/C13H13F3N2O3/c1-12(11(19)20,13(14,15)16)18-6-7-21-10-4-2-9(8-17)3-5-10/h2-5,18H,6-7H2,1H3,(H,19,20). The fourth-order valence-electron chi connectivity index (χ4n) is 1.39. The Hall–Kier alpha value is -2.27. The summed E-state index contributed by atoms with van der Waals surface area (Å²) in [5, 5.41) is 19.2. The van der Waals surface area contributed by atoms with Gasteiger partial charge in [0, 0.05) is 6.54 Å². The number of rotatable bonds is 6. The quantitative estimate of drug-likeness (QED) is 0.785. The molecule has 0 amide bonds. The Morgan fingerprint density at radius 3 is 2.38 bits per heavy atom. The fraction of sp³-hybridized carbons (Fsp3) is 0.385. The second-order valence-electron chi connectivity index (χ2n) is 4.34. The number of aliphatic carboxylic acids is 1. The first-order valence-electron chi connectivity index (χ1n) is 5.89. The summed E-state index contributed by atoms with van der Waals surface area (Å²) in [6.45, 7) is 0.101. The molecule has 1 aromatic carbocycles. The minimum atomic E-state index is -4.92. The van der Waals surface area contributed by atoms with Gasteiger partial charge in [0.25, 0.3) is 0 Å². The van der Waals surface area contributed by atoms with Gasteiger partial charge in [-0.15, -0.1) is 0 Å². The van der Waals surface area contributed by atoms with Gasteiger partial charge in [0.05, 0.1) is 11.6 Å². The zero-order valence-corrected chi connectivity index (χ0v) is 11.1. The molecule has 0 aliphatic heterocycles. The number of carboxylic acid groups (broad SMARTS) is 1. The van der Waals surface area contributed by atoms with Gasteiger partial charge in [-0.3, -0.25) is 5.32 Å². The molecule has 114 valence electrons. The number of alkyl halides is 3. The number of carboxylic acids is 1. The fourth-order valence-corrected chi connectivity index (χ4v) is 1.39. The highest BCUT2D eigenvalue weighted by Gasteiger charge is 2.57. The maximum Gasteiger partial charge on any atom is 0.417 e. The lowest BCUT2D eigenvalue weighted by Gasteiger charge is -2.28. The van der Waals surface area contributed by atoms with Gasteiger partial charge in [-0.1, -0.05) is 0 Å². The van der Waals surface area contributed by atoms with Crippen molar-refractivity contribution in [3.8, 4) is 11.8 Å². The second kappa shape index (κ2) is 6.45. The summed E-state index contributed by atoms with van der Waals surface area (Å²) in [5.41, 5.74) is -2.60. The number of benzene rings is 1. The van der Waals surface area contributed by atoms with Crippen molar-refractivity contribution >= 4 is 5.97 Å². The highest BCUT2D eigenvalue weighted by atomic mass is 19.4. The molecule has 2 N–H and O–H groups in total. The average Bonchev–Trinajstić information content (AvgIpc) is 2.42. The van der Waals surface area contributed by atoms with E-state index in [-0.39, 0.29) is 13.2 Å². The molecule has 1 aromatic rings. The topological polar surface area (TPSA) is 82.3 Å². The SMILES string of the molecule is CC(NCCOc1ccc(C#N)cc1)(C(=O)O)C(F)(F)F. The van der Waals surface area contributed by atoms with Crippen molar-refractivity contribution in [1.82, 2.24) is 5.32 Å². The number of nitrogens with one attached hydrogen (secondary N) is 1. The Kier molecular flexibility index (Phi) is 5.16. The van der Waals surface area contributed by atoms with Crippen molar-refractivity contribution in [1.29, 1.82) is 5.26 Å². The van der Waals surface area contributed by atoms with E-state index in [0.29, 0.717) is 18.2 Å². The number of hydrogen-bond acceptors (Lipinski definition) is 4. The van der Waals surface area contributed by atoms with E-state index in [2.05, 4.69) is 0 Å². The van der Waals surface area contributed by atoms with E-state index in [4.69, 9.17) is 15.1 Å². The van der Waals surface area contributed by atoms with Gasteiger partial charge in [0.15, 0.2) is 0 Å². The summed E-state index contributed by atoms with van der Waals surface area (Å²) in [6, 6.07) is 7.91. The molecular formula is C13H13F3N2O3. The Morgan fingerprint density at radius 1 is 1.38 bits per heavy atom. The molecule has 0 spiro atoms. The molecule has 5 nitrogen and oxygen atoms in total. The van der Waals surface area contributed by atoms with Gasteiger partial charge in [-0.2, -0.15) is 18.4 Å². The van der Waals surface area contributed by atoms with Crippen LogP contribution < -0.4 is 10.1 Å². The number of nitriles is 1. The van der Waals surface area contributed by atoms with Gasteiger partial charge in [0.1, 0.15) is 12.4 Å². The largest absolute Gasteiger partial charge is 0.492 e. The summed E-state index contributed by atoms with van der Waals surface area (Å²) in [6.07, 6.45) is -4.92. The molecule has 0 aliphatic carbocycles. The molecule has 0 radical (unpaired) electrons. The molecule has 0 aliphatic rings. The normalized spacial score (nSPS) is 14.0. The molecule has 8 heteroatoms. The minimum Gasteiger partial charge on any atom is -0.492 e. The van der Waals surface area contributed by atoms with Crippen LogP contribution in [0, 0.1) is 11.3 Å². The van der Waals surface area contributed by atoms with Crippen LogP contribution in [0.5, 0.6) is 5.75 Å². The summed E-state index contributed by atoms with van der Waals surface area (Å²) in [7, 11) is 0. The lowest BCUT2D eigenvalue weighted by Crippen LogP contribution is -2.60. The van der Waals surface area contributed by atoms with Gasteiger partial charge in [-0.05, 0) is 31.2 Å². The van der Waals surface area contributed by atoms with Crippen molar-refractivity contribution < 1.29 is 27.8 Å². The molecule has 0 bridgehead atoms. The zero-order valence-electron chi connectivity index (χ0n) is 11.1. The minimum absolute atomic E-state index is 0.148. The Labute approximate surface area is 118 Å². The summed E-state index contributed by atoms with van der Waals surface area (Å²) >= 11 is 0. The molecular weight excluding hydrogens is 289 g/mol. The van der Waals surface area contributed by atoms with Gasteiger partial charge in [0.2, 0.25) is 5.54 Å². The van der Waals surface area contributed by atoms with Crippen LogP contribution in [0.1, 0.15) is 12.5 Å². The van der Waals surface area contributed by atoms with Crippen molar-refractivity contribution in [3.05, 3.63) is 29.8 Å². The van der Waals surface area contributed by atoms with E-state index in [0.717, 1.165) is 0 Å². The first-order chi connectivity index (χ1) is 9.70. The molecule has 0 saturated heterocycles. The zero-order chi connectivity index (χ0) is 16.1. The van der Waals surface area contributed by atoms with Crippen molar-refractivity contribution in [2.24, 2.45) is 0 Å². The summed E-state index contributed by atoms with van der Waals surface area (Å²) in [4.78, 5) is 10.7. The molecule has 1 unspecified atom stereocenters. The van der Waals surface area contributed by atoms with E-state index in [1.54, 1.807) is 0 Å². The first kappa shape index (κ1) is 16.8. The van der Waals surface area contributed by atoms with Crippen LogP contribution in [0.3, 0.4) is 0 Å². The van der Waals surface area contributed by atoms with Crippen LogP contribution in [0.4, 0.5) is 13.2 Å². The maximum absolute atomic E-state index is 12.7. The Bertz CT molecular complexity index is 537. The van der Waals surface area contributed by atoms with Crippen molar-refractivity contribution in [2.45, 2.75) is 18.6 Å². The van der Waals surface area contributed by atoms with E-state index in [1.165, 1.54) is 24.3 Å². The first-order valence-corrected chi connectivity index (χ1v) is 5.89. The number of carbonyl (C=O) groups is 1. The van der Waals surface area contributed by atoms with Crippen LogP contribution >= 0.6 is 0 Å².